The molecule has 1 aromatic carbocycles. The van der Waals surface area contributed by atoms with Crippen LogP contribution in [0.4, 0.5) is 0 Å². The molecule has 5 nitrogen and oxygen atoms in total. The molecule has 0 saturated carbocycles. The Morgan fingerprint density at radius 1 is 1.35 bits per heavy atom. The third-order valence-electron chi connectivity index (χ3n) is 3.96. The summed E-state index contributed by atoms with van der Waals surface area (Å²) < 4.78 is 6.96. The molecule has 0 fully saturated rings. The molecule has 0 unspecified atom stereocenters. The Balaban J connectivity index is 2.28. The number of ether oxygens (including phenoxy) is 1. The molecule has 5 heteroatoms. The zero-order valence-corrected chi connectivity index (χ0v) is 14.5. The standard InChI is InChI=1S/C18H25N3O2/c1-13(2)15-11-16(21(4)20-15)17(22)19-18(3,12-23-5)14-9-7-6-8-10-14/h6-11,13H,12H2,1-5H3,(H,19,22)/t18-/m0/s1. The number of hydrogen-bond donors (Lipinski definition) is 1. The lowest BCUT2D eigenvalue weighted by atomic mass is 9.92. The fraction of sp³-hybridized carbons (Fsp3) is 0.444. The number of amides is 1. The van der Waals surface area contributed by atoms with Gasteiger partial charge in [0.2, 0.25) is 0 Å². The first kappa shape index (κ1) is 17.2. The Bertz CT molecular complexity index is 664. The van der Waals surface area contributed by atoms with Gasteiger partial charge in [0.1, 0.15) is 5.69 Å². The van der Waals surface area contributed by atoms with Gasteiger partial charge in [-0.15, -0.1) is 0 Å². The predicted octanol–water partition coefficient (Wildman–Crippen LogP) is 2.84. The average molecular weight is 315 g/mol. The van der Waals surface area contributed by atoms with E-state index in [9.17, 15) is 4.79 Å². The monoisotopic (exact) mass is 315 g/mol. The molecule has 0 bridgehead atoms. The summed E-state index contributed by atoms with van der Waals surface area (Å²) in [6, 6.07) is 11.7. The van der Waals surface area contributed by atoms with E-state index < -0.39 is 5.54 Å². The van der Waals surface area contributed by atoms with Crippen molar-refractivity contribution in [2.75, 3.05) is 13.7 Å². The van der Waals surface area contributed by atoms with E-state index in [0.29, 0.717) is 12.3 Å². The Hall–Kier alpha value is -2.14. The van der Waals surface area contributed by atoms with Crippen LogP contribution < -0.4 is 5.32 Å². The quantitative estimate of drug-likeness (QED) is 0.892. The van der Waals surface area contributed by atoms with Crippen LogP contribution in [-0.4, -0.2) is 29.4 Å². The number of benzene rings is 1. The fourth-order valence-corrected chi connectivity index (χ4v) is 2.58. The molecule has 0 radical (unpaired) electrons. The van der Waals surface area contributed by atoms with E-state index in [1.165, 1.54) is 0 Å². The zero-order chi connectivity index (χ0) is 17.0. The molecule has 0 saturated heterocycles. The van der Waals surface area contributed by atoms with Crippen LogP contribution in [0.5, 0.6) is 0 Å². The number of rotatable bonds is 6. The third kappa shape index (κ3) is 3.79. The molecule has 1 N–H and O–H groups in total. The van der Waals surface area contributed by atoms with Crippen LogP contribution in [0, 0.1) is 0 Å². The van der Waals surface area contributed by atoms with Gasteiger partial charge in [-0.25, -0.2) is 0 Å². The van der Waals surface area contributed by atoms with Gasteiger partial charge in [-0.3, -0.25) is 9.48 Å². The van der Waals surface area contributed by atoms with Crippen molar-refractivity contribution in [2.24, 2.45) is 7.05 Å². The van der Waals surface area contributed by atoms with Crippen molar-refractivity contribution < 1.29 is 9.53 Å². The van der Waals surface area contributed by atoms with Crippen LogP contribution in [0.3, 0.4) is 0 Å². The minimum Gasteiger partial charge on any atom is -0.382 e. The highest BCUT2D eigenvalue weighted by Crippen LogP contribution is 2.22. The van der Waals surface area contributed by atoms with Gasteiger partial charge in [-0.1, -0.05) is 44.2 Å². The van der Waals surface area contributed by atoms with Crippen molar-refractivity contribution in [3.05, 3.63) is 53.3 Å². The van der Waals surface area contributed by atoms with Crippen molar-refractivity contribution in [3.8, 4) is 0 Å². The summed E-state index contributed by atoms with van der Waals surface area (Å²) in [6.45, 7) is 6.47. The summed E-state index contributed by atoms with van der Waals surface area (Å²) in [5.74, 6) is 0.123. The predicted molar refractivity (Wildman–Crippen MR) is 90.4 cm³/mol. The highest BCUT2D eigenvalue weighted by molar-refractivity contribution is 5.93. The van der Waals surface area contributed by atoms with Gasteiger partial charge in [0.25, 0.3) is 5.91 Å². The van der Waals surface area contributed by atoms with Gasteiger partial charge in [0, 0.05) is 14.2 Å². The van der Waals surface area contributed by atoms with E-state index in [2.05, 4.69) is 24.3 Å². The van der Waals surface area contributed by atoms with Gasteiger partial charge in [-0.05, 0) is 24.5 Å². The van der Waals surface area contributed by atoms with Crippen molar-refractivity contribution >= 4 is 5.91 Å². The average Bonchev–Trinajstić information content (AvgIpc) is 2.91. The third-order valence-corrected chi connectivity index (χ3v) is 3.96. The molecule has 0 spiro atoms. The molecule has 0 aliphatic heterocycles. The molecule has 1 amide bonds. The first-order valence-corrected chi connectivity index (χ1v) is 7.78. The lowest BCUT2D eigenvalue weighted by Gasteiger charge is -2.30. The summed E-state index contributed by atoms with van der Waals surface area (Å²) in [6.07, 6.45) is 0. The number of aryl methyl sites for hydroxylation is 1. The lowest BCUT2D eigenvalue weighted by Crippen LogP contribution is -2.47. The van der Waals surface area contributed by atoms with Gasteiger partial charge in [0.05, 0.1) is 17.8 Å². The SMILES string of the molecule is COC[C@](C)(NC(=O)c1cc(C(C)C)nn1C)c1ccccc1. The minimum absolute atomic E-state index is 0.157. The molecular weight excluding hydrogens is 290 g/mol. The maximum atomic E-state index is 12.7. The second kappa shape index (κ2) is 6.96. The van der Waals surface area contributed by atoms with E-state index >= 15 is 0 Å². The number of aromatic nitrogens is 2. The van der Waals surface area contributed by atoms with E-state index in [4.69, 9.17) is 4.74 Å². The Morgan fingerprint density at radius 3 is 2.52 bits per heavy atom. The molecule has 23 heavy (non-hydrogen) atoms. The van der Waals surface area contributed by atoms with E-state index in [1.807, 2.05) is 43.3 Å². The van der Waals surface area contributed by atoms with Gasteiger partial charge in [0.15, 0.2) is 0 Å². The Morgan fingerprint density at radius 2 is 2.00 bits per heavy atom. The van der Waals surface area contributed by atoms with Crippen LogP contribution in [0.25, 0.3) is 0 Å². The first-order valence-electron chi connectivity index (χ1n) is 7.78. The normalized spacial score (nSPS) is 13.8. The summed E-state index contributed by atoms with van der Waals surface area (Å²) in [5, 5.41) is 7.50. The minimum atomic E-state index is -0.602. The van der Waals surface area contributed by atoms with E-state index in [0.717, 1.165) is 11.3 Å². The molecule has 0 aliphatic rings. The zero-order valence-electron chi connectivity index (χ0n) is 14.5. The molecule has 1 aromatic heterocycles. The maximum Gasteiger partial charge on any atom is 0.270 e. The van der Waals surface area contributed by atoms with Crippen LogP contribution in [0.2, 0.25) is 0 Å². The van der Waals surface area contributed by atoms with Crippen molar-refractivity contribution in [1.29, 1.82) is 0 Å². The van der Waals surface area contributed by atoms with Crippen LogP contribution in [-0.2, 0) is 17.3 Å². The number of carbonyl (C=O) groups is 1. The fourth-order valence-electron chi connectivity index (χ4n) is 2.58. The summed E-state index contributed by atoms with van der Waals surface area (Å²) in [7, 11) is 3.42. The molecular formula is C18H25N3O2. The number of carbonyl (C=O) groups excluding carboxylic acids is 1. The molecule has 1 atom stereocenters. The summed E-state index contributed by atoms with van der Waals surface area (Å²) >= 11 is 0. The second-order valence-electron chi connectivity index (χ2n) is 6.32. The Kier molecular flexibility index (Phi) is 5.21. The largest absolute Gasteiger partial charge is 0.382 e. The van der Waals surface area contributed by atoms with Gasteiger partial charge >= 0.3 is 0 Å². The number of nitrogens with zero attached hydrogens (tertiary/aromatic N) is 2. The van der Waals surface area contributed by atoms with E-state index in [1.54, 1.807) is 18.8 Å². The number of methoxy groups -OCH3 is 1. The molecule has 1 heterocycles. The Labute approximate surface area is 137 Å². The maximum absolute atomic E-state index is 12.7. The first-order chi connectivity index (χ1) is 10.9. The van der Waals surface area contributed by atoms with Gasteiger partial charge < -0.3 is 10.1 Å². The number of hydrogen-bond acceptors (Lipinski definition) is 3. The topological polar surface area (TPSA) is 56.1 Å². The highest BCUT2D eigenvalue weighted by atomic mass is 16.5. The van der Waals surface area contributed by atoms with Crippen molar-refractivity contribution in [3.63, 3.8) is 0 Å². The lowest BCUT2D eigenvalue weighted by molar-refractivity contribution is 0.0777. The highest BCUT2D eigenvalue weighted by Gasteiger charge is 2.30. The smallest absolute Gasteiger partial charge is 0.270 e. The molecule has 2 rings (SSSR count). The second-order valence-corrected chi connectivity index (χ2v) is 6.32. The summed E-state index contributed by atoms with van der Waals surface area (Å²) in [5.41, 5.74) is 1.86. The van der Waals surface area contributed by atoms with Crippen molar-refractivity contribution in [1.82, 2.24) is 15.1 Å². The molecule has 0 aliphatic carbocycles. The molecule has 2 aromatic rings. The van der Waals surface area contributed by atoms with Crippen LogP contribution in [0.15, 0.2) is 36.4 Å². The molecule has 124 valence electrons. The van der Waals surface area contributed by atoms with Crippen LogP contribution >= 0.6 is 0 Å². The number of nitrogens with one attached hydrogen (secondary N) is 1. The van der Waals surface area contributed by atoms with Crippen LogP contribution in [0.1, 0.15) is 48.4 Å². The van der Waals surface area contributed by atoms with E-state index in [-0.39, 0.29) is 11.8 Å². The van der Waals surface area contributed by atoms with Gasteiger partial charge in [-0.2, -0.15) is 5.10 Å². The van der Waals surface area contributed by atoms with Crippen molar-refractivity contribution in [2.45, 2.75) is 32.2 Å². The summed E-state index contributed by atoms with van der Waals surface area (Å²) in [4.78, 5) is 12.7.